The molecule has 0 bridgehead atoms. The fraction of sp³-hybridized carbons (Fsp3) is 0.154. The van der Waals surface area contributed by atoms with E-state index >= 15 is 0 Å². The van der Waals surface area contributed by atoms with E-state index in [-0.39, 0.29) is 5.69 Å². The highest BCUT2D eigenvalue weighted by Crippen LogP contribution is 2.40. The predicted octanol–water partition coefficient (Wildman–Crippen LogP) is 5.51. The maximum Gasteiger partial charge on any atom is 0.271 e. The van der Waals surface area contributed by atoms with Crippen LogP contribution in [0.3, 0.4) is 0 Å². The number of alkyl halides is 1. The first kappa shape index (κ1) is 16.4. The van der Waals surface area contributed by atoms with Crippen LogP contribution in [0.2, 0.25) is 0 Å². The molecule has 110 valence electrons. The van der Waals surface area contributed by atoms with E-state index < -0.39 is 4.92 Å². The van der Waals surface area contributed by atoms with Gasteiger partial charge in [-0.1, -0.05) is 15.9 Å². The Hall–Kier alpha value is -0.990. The smallest absolute Gasteiger partial charge is 0.271 e. The quantitative estimate of drug-likeness (QED) is 0.329. The van der Waals surface area contributed by atoms with Gasteiger partial charge in [-0.15, -0.1) is 0 Å². The normalized spacial score (nSPS) is 10.5. The summed E-state index contributed by atoms with van der Waals surface area (Å²) in [6.45, 7) is 1.89. The topological polar surface area (TPSA) is 65.3 Å². The van der Waals surface area contributed by atoms with Gasteiger partial charge in [0.25, 0.3) is 5.69 Å². The van der Waals surface area contributed by atoms with Crippen molar-refractivity contribution in [2.45, 2.75) is 12.3 Å². The molecular formula is C13H9Br3N2O3. The number of nitro groups is 1. The Bertz CT molecular complexity index is 684. The lowest BCUT2D eigenvalue weighted by Crippen LogP contribution is -1.96. The van der Waals surface area contributed by atoms with Crippen LogP contribution in [0, 0.1) is 17.0 Å². The van der Waals surface area contributed by atoms with Crippen molar-refractivity contribution in [3.05, 3.63) is 54.6 Å². The molecule has 0 aliphatic rings. The molecule has 2 aromatic rings. The zero-order valence-corrected chi connectivity index (χ0v) is 15.5. The number of nitrogens with zero attached hydrogens (tertiary/aromatic N) is 2. The highest BCUT2D eigenvalue weighted by atomic mass is 79.9. The van der Waals surface area contributed by atoms with E-state index in [4.69, 9.17) is 4.74 Å². The van der Waals surface area contributed by atoms with Crippen LogP contribution < -0.4 is 4.74 Å². The minimum atomic E-state index is -0.465. The van der Waals surface area contributed by atoms with Gasteiger partial charge in [0.1, 0.15) is 0 Å². The second kappa shape index (κ2) is 6.85. The molecule has 0 N–H and O–H groups in total. The van der Waals surface area contributed by atoms with Crippen LogP contribution in [0.4, 0.5) is 5.69 Å². The summed E-state index contributed by atoms with van der Waals surface area (Å²) in [7, 11) is 0. The molecule has 8 heteroatoms. The van der Waals surface area contributed by atoms with Crippen molar-refractivity contribution >= 4 is 53.5 Å². The highest BCUT2D eigenvalue weighted by molar-refractivity contribution is 9.11. The van der Waals surface area contributed by atoms with Crippen molar-refractivity contribution in [2.24, 2.45) is 0 Å². The molecule has 0 atom stereocenters. The fourth-order valence-corrected chi connectivity index (χ4v) is 3.28. The highest BCUT2D eigenvalue weighted by Gasteiger charge is 2.17. The lowest BCUT2D eigenvalue weighted by Gasteiger charge is -2.11. The van der Waals surface area contributed by atoms with Crippen LogP contribution in [0.15, 0.2) is 33.3 Å². The van der Waals surface area contributed by atoms with Crippen LogP contribution in [0.25, 0.3) is 0 Å². The van der Waals surface area contributed by atoms with E-state index in [9.17, 15) is 10.1 Å². The standard InChI is InChI=1S/C13H9Br3N2O3/c1-7-2-8(5-14)6-17-13(7)21-12-10(15)3-9(18(19)20)4-11(12)16/h2-4,6H,5H2,1H3. The molecule has 1 aromatic heterocycles. The third-order valence-electron chi connectivity index (χ3n) is 2.63. The fourth-order valence-electron chi connectivity index (χ4n) is 1.65. The van der Waals surface area contributed by atoms with Gasteiger partial charge in [0, 0.05) is 29.2 Å². The number of pyridine rings is 1. The summed E-state index contributed by atoms with van der Waals surface area (Å²) in [6, 6.07) is 4.74. The van der Waals surface area contributed by atoms with Gasteiger partial charge in [-0.2, -0.15) is 0 Å². The average molecular weight is 481 g/mol. The van der Waals surface area contributed by atoms with Crippen molar-refractivity contribution in [3.8, 4) is 11.6 Å². The number of hydrogen-bond acceptors (Lipinski definition) is 4. The lowest BCUT2D eigenvalue weighted by atomic mass is 10.2. The molecule has 0 saturated carbocycles. The van der Waals surface area contributed by atoms with Gasteiger partial charge >= 0.3 is 0 Å². The number of benzene rings is 1. The third kappa shape index (κ3) is 3.81. The number of halogens is 3. The van der Waals surface area contributed by atoms with E-state index in [1.807, 2.05) is 13.0 Å². The van der Waals surface area contributed by atoms with Crippen LogP contribution in [-0.2, 0) is 5.33 Å². The molecule has 21 heavy (non-hydrogen) atoms. The maximum atomic E-state index is 10.8. The Morgan fingerprint density at radius 2 is 1.90 bits per heavy atom. The largest absolute Gasteiger partial charge is 0.436 e. The van der Waals surface area contributed by atoms with Crippen molar-refractivity contribution < 1.29 is 9.66 Å². The molecule has 1 heterocycles. The van der Waals surface area contributed by atoms with Crippen LogP contribution >= 0.6 is 47.8 Å². The Morgan fingerprint density at radius 3 is 2.38 bits per heavy atom. The van der Waals surface area contributed by atoms with Crippen molar-refractivity contribution in [1.29, 1.82) is 0 Å². The number of hydrogen-bond donors (Lipinski definition) is 0. The molecule has 2 rings (SSSR count). The zero-order valence-electron chi connectivity index (χ0n) is 10.8. The number of nitro benzene ring substituents is 1. The van der Waals surface area contributed by atoms with Crippen molar-refractivity contribution in [3.63, 3.8) is 0 Å². The Kier molecular flexibility index (Phi) is 5.34. The summed E-state index contributed by atoms with van der Waals surface area (Å²) >= 11 is 9.93. The number of rotatable bonds is 4. The van der Waals surface area contributed by atoms with E-state index in [1.165, 1.54) is 12.1 Å². The summed E-state index contributed by atoms with van der Waals surface area (Å²) in [6.07, 6.45) is 1.71. The number of ether oxygens (including phenoxy) is 1. The summed E-state index contributed by atoms with van der Waals surface area (Å²) in [4.78, 5) is 14.6. The Labute approximate surface area is 146 Å². The number of non-ortho nitro benzene ring substituents is 1. The second-order valence-electron chi connectivity index (χ2n) is 4.20. The van der Waals surface area contributed by atoms with E-state index in [2.05, 4.69) is 52.8 Å². The summed E-state index contributed by atoms with van der Waals surface area (Å²) in [5.74, 6) is 0.901. The van der Waals surface area contributed by atoms with Gasteiger partial charge in [-0.05, 0) is 50.4 Å². The molecule has 0 unspecified atom stereocenters. The van der Waals surface area contributed by atoms with Gasteiger partial charge in [0.15, 0.2) is 5.75 Å². The number of aryl methyl sites for hydroxylation is 1. The van der Waals surface area contributed by atoms with E-state index in [0.717, 1.165) is 11.1 Å². The maximum absolute atomic E-state index is 10.8. The summed E-state index contributed by atoms with van der Waals surface area (Å²) in [5, 5.41) is 11.5. The first-order valence-corrected chi connectivity index (χ1v) is 8.46. The Balaban J connectivity index is 2.38. The molecular weight excluding hydrogens is 472 g/mol. The minimum absolute atomic E-state index is 0.0274. The van der Waals surface area contributed by atoms with Gasteiger partial charge in [0.2, 0.25) is 5.88 Å². The van der Waals surface area contributed by atoms with E-state index in [1.54, 1.807) is 6.20 Å². The number of aromatic nitrogens is 1. The predicted molar refractivity (Wildman–Crippen MR) is 90.2 cm³/mol. The van der Waals surface area contributed by atoms with Crippen LogP contribution in [0.1, 0.15) is 11.1 Å². The summed E-state index contributed by atoms with van der Waals surface area (Å²) < 4.78 is 6.72. The molecule has 0 amide bonds. The van der Waals surface area contributed by atoms with Crippen molar-refractivity contribution in [2.75, 3.05) is 0 Å². The second-order valence-corrected chi connectivity index (χ2v) is 6.47. The summed E-state index contributed by atoms with van der Waals surface area (Å²) in [5.41, 5.74) is 1.89. The lowest BCUT2D eigenvalue weighted by molar-refractivity contribution is -0.385. The Morgan fingerprint density at radius 1 is 1.29 bits per heavy atom. The van der Waals surface area contributed by atoms with Crippen molar-refractivity contribution in [1.82, 2.24) is 4.98 Å². The first-order chi connectivity index (χ1) is 9.92. The van der Waals surface area contributed by atoms with Gasteiger partial charge in [-0.3, -0.25) is 10.1 Å². The molecule has 0 radical (unpaired) electrons. The van der Waals surface area contributed by atoms with Gasteiger partial charge < -0.3 is 4.74 Å². The molecule has 0 saturated heterocycles. The minimum Gasteiger partial charge on any atom is -0.436 e. The SMILES string of the molecule is Cc1cc(CBr)cnc1Oc1c(Br)cc([N+](=O)[O-])cc1Br. The van der Waals surface area contributed by atoms with Crippen LogP contribution in [0.5, 0.6) is 11.6 Å². The molecule has 0 aliphatic carbocycles. The monoisotopic (exact) mass is 478 g/mol. The molecule has 0 aliphatic heterocycles. The van der Waals surface area contributed by atoms with Gasteiger partial charge in [0.05, 0.1) is 13.9 Å². The molecule has 5 nitrogen and oxygen atoms in total. The van der Waals surface area contributed by atoms with Crippen LogP contribution in [-0.4, -0.2) is 9.91 Å². The zero-order chi connectivity index (χ0) is 15.6. The first-order valence-electron chi connectivity index (χ1n) is 5.75. The van der Waals surface area contributed by atoms with Gasteiger partial charge in [-0.25, -0.2) is 4.98 Å². The molecule has 0 fully saturated rings. The van der Waals surface area contributed by atoms with E-state index in [0.29, 0.717) is 25.9 Å². The molecule has 1 aromatic carbocycles. The molecule has 0 spiro atoms. The average Bonchev–Trinajstić information content (AvgIpc) is 2.43. The third-order valence-corrected chi connectivity index (χ3v) is 4.46.